The van der Waals surface area contributed by atoms with Gasteiger partial charge in [-0.05, 0) is 78.2 Å². The van der Waals surface area contributed by atoms with Crippen LogP contribution in [0.1, 0.15) is 20.0 Å². The van der Waals surface area contributed by atoms with Gasteiger partial charge in [-0.2, -0.15) is 0 Å². The van der Waals surface area contributed by atoms with Crippen molar-refractivity contribution in [2.45, 2.75) is 0 Å². The largest absolute Gasteiger partial charge is 0.338 e. The molecule has 3 aromatic carbocycles. The molecule has 0 aliphatic rings. The summed E-state index contributed by atoms with van der Waals surface area (Å²) in [7, 11) is 0. The number of anilines is 2. The molecule has 6 nitrogen and oxygen atoms in total. The maximum atomic E-state index is 12.4. The fraction of sp³-hybridized carbons (Fsp3) is 0. The minimum Gasteiger partial charge on any atom is -0.338 e. The van der Waals surface area contributed by atoms with Crippen LogP contribution in [0.15, 0.2) is 84.2 Å². The van der Waals surface area contributed by atoms with E-state index in [4.69, 9.17) is 11.6 Å². The molecule has 2 heterocycles. The Labute approximate surface area is 198 Å². The number of thiophene rings is 1. The van der Waals surface area contributed by atoms with Crippen LogP contribution in [0.4, 0.5) is 11.4 Å². The molecule has 0 unspecified atom stereocenters. The highest BCUT2D eigenvalue weighted by Gasteiger charge is 2.11. The van der Waals surface area contributed by atoms with Gasteiger partial charge in [0, 0.05) is 27.5 Å². The lowest BCUT2D eigenvalue weighted by Crippen LogP contribution is -2.11. The van der Waals surface area contributed by atoms with E-state index in [9.17, 15) is 9.59 Å². The number of benzene rings is 3. The van der Waals surface area contributed by atoms with Crippen molar-refractivity contribution in [2.75, 3.05) is 10.6 Å². The first-order valence-corrected chi connectivity index (χ1v) is 11.3. The average molecular weight is 473 g/mol. The van der Waals surface area contributed by atoms with Gasteiger partial charge in [0.25, 0.3) is 11.8 Å². The first kappa shape index (κ1) is 20.9. The molecule has 5 rings (SSSR count). The number of aromatic nitrogens is 2. The molecule has 0 spiro atoms. The maximum Gasteiger partial charge on any atom is 0.265 e. The molecule has 2 amide bonds. The van der Waals surface area contributed by atoms with Gasteiger partial charge in [0.2, 0.25) is 0 Å². The molecule has 0 saturated carbocycles. The number of halogens is 1. The number of imidazole rings is 1. The average Bonchev–Trinajstić information content (AvgIpc) is 3.50. The molecule has 0 bridgehead atoms. The number of H-pyrrole nitrogens is 1. The molecular weight excluding hydrogens is 456 g/mol. The molecule has 3 N–H and O–H groups in total. The van der Waals surface area contributed by atoms with Gasteiger partial charge in [0.05, 0.1) is 15.9 Å². The molecule has 0 saturated heterocycles. The molecule has 162 valence electrons. The molecule has 0 aliphatic carbocycles. The van der Waals surface area contributed by atoms with Crippen molar-refractivity contribution >= 4 is 57.2 Å². The van der Waals surface area contributed by atoms with E-state index >= 15 is 0 Å². The second kappa shape index (κ2) is 8.90. The van der Waals surface area contributed by atoms with Crippen LogP contribution in [0, 0.1) is 0 Å². The second-order valence-electron chi connectivity index (χ2n) is 7.29. The van der Waals surface area contributed by atoms with Gasteiger partial charge in [0.1, 0.15) is 5.82 Å². The summed E-state index contributed by atoms with van der Waals surface area (Å²) < 4.78 is 0. The van der Waals surface area contributed by atoms with Crippen molar-refractivity contribution in [3.05, 3.63) is 99.7 Å². The number of rotatable bonds is 5. The van der Waals surface area contributed by atoms with E-state index in [0.717, 1.165) is 16.6 Å². The zero-order chi connectivity index (χ0) is 22.8. The molecule has 8 heteroatoms. The second-order valence-corrected chi connectivity index (χ2v) is 8.67. The van der Waals surface area contributed by atoms with E-state index in [2.05, 4.69) is 20.6 Å². The number of aromatic amines is 1. The lowest BCUT2D eigenvalue weighted by atomic mass is 10.1. The third kappa shape index (κ3) is 4.64. The van der Waals surface area contributed by atoms with Crippen molar-refractivity contribution in [3.63, 3.8) is 0 Å². The summed E-state index contributed by atoms with van der Waals surface area (Å²) >= 11 is 7.27. The first-order chi connectivity index (χ1) is 16.0. The van der Waals surface area contributed by atoms with Crippen LogP contribution in [0.2, 0.25) is 5.02 Å². The van der Waals surface area contributed by atoms with Crippen LogP contribution in [-0.2, 0) is 0 Å². The number of carbonyl (C=O) groups excluding carboxylic acids is 2. The van der Waals surface area contributed by atoms with Gasteiger partial charge in [-0.3, -0.25) is 9.59 Å². The summed E-state index contributed by atoms with van der Waals surface area (Å²) in [5, 5.41) is 8.22. The van der Waals surface area contributed by atoms with E-state index in [-0.39, 0.29) is 11.8 Å². The van der Waals surface area contributed by atoms with Crippen molar-refractivity contribution in [3.8, 4) is 11.4 Å². The number of hydrogen-bond donors (Lipinski definition) is 3. The van der Waals surface area contributed by atoms with Crippen molar-refractivity contribution in [1.29, 1.82) is 0 Å². The molecular formula is C25H17ClN4O2S. The Kier molecular flexibility index (Phi) is 5.64. The predicted octanol–water partition coefficient (Wildman–Crippen LogP) is 6.45. The van der Waals surface area contributed by atoms with E-state index < -0.39 is 0 Å². The zero-order valence-corrected chi connectivity index (χ0v) is 18.7. The summed E-state index contributed by atoms with van der Waals surface area (Å²) in [4.78, 5) is 33.3. The standard InChI is InChI=1S/C25H17ClN4O2S/c26-17-7-3-16(4-8-17)24(31)27-18-9-5-15(6-10-18)23-29-20-12-11-19(14-21(20)30-23)28-25(32)22-2-1-13-33-22/h1-14H,(H,27,31)(H,28,32)(H,29,30). The SMILES string of the molecule is O=C(Nc1ccc(-c2nc3ccc(NC(=O)c4cccs4)cc3[nH]2)cc1)c1ccc(Cl)cc1. The number of amides is 2. The number of hydrogen-bond acceptors (Lipinski definition) is 4. The number of fused-ring (bicyclic) bond motifs is 1. The van der Waals surface area contributed by atoms with Crippen LogP contribution in [0.3, 0.4) is 0 Å². The summed E-state index contributed by atoms with van der Waals surface area (Å²) in [6.07, 6.45) is 0. The fourth-order valence-corrected chi connectivity index (χ4v) is 4.09. The highest BCUT2D eigenvalue weighted by Crippen LogP contribution is 2.25. The quantitative estimate of drug-likeness (QED) is 0.274. The smallest absolute Gasteiger partial charge is 0.265 e. The Morgan fingerprint density at radius 2 is 1.58 bits per heavy atom. The van der Waals surface area contributed by atoms with Crippen LogP contribution in [0.5, 0.6) is 0 Å². The summed E-state index contributed by atoms with van der Waals surface area (Å²) in [5.41, 5.74) is 4.38. The molecule has 0 atom stereocenters. The normalized spacial score (nSPS) is 10.8. The predicted molar refractivity (Wildman–Crippen MR) is 133 cm³/mol. The highest BCUT2D eigenvalue weighted by molar-refractivity contribution is 7.12. The van der Waals surface area contributed by atoms with E-state index in [1.807, 2.05) is 53.9 Å². The third-order valence-corrected chi connectivity index (χ3v) is 6.13. The van der Waals surface area contributed by atoms with Crippen LogP contribution >= 0.6 is 22.9 Å². The number of carbonyl (C=O) groups is 2. The molecule has 0 aliphatic heterocycles. The maximum absolute atomic E-state index is 12.4. The monoisotopic (exact) mass is 472 g/mol. The molecule has 0 radical (unpaired) electrons. The highest BCUT2D eigenvalue weighted by atomic mass is 35.5. The Bertz CT molecular complexity index is 1440. The van der Waals surface area contributed by atoms with Crippen LogP contribution < -0.4 is 10.6 Å². The molecule has 2 aromatic heterocycles. The molecule has 33 heavy (non-hydrogen) atoms. The topological polar surface area (TPSA) is 86.9 Å². The Morgan fingerprint density at radius 3 is 2.30 bits per heavy atom. The third-order valence-electron chi connectivity index (χ3n) is 5.01. The minimum absolute atomic E-state index is 0.139. The van der Waals surface area contributed by atoms with Crippen molar-refractivity contribution in [2.24, 2.45) is 0 Å². The molecule has 5 aromatic rings. The van der Waals surface area contributed by atoms with Gasteiger partial charge < -0.3 is 15.6 Å². The minimum atomic E-state index is -0.208. The van der Waals surface area contributed by atoms with Gasteiger partial charge >= 0.3 is 0 Å². The lowest BCUT2D eigenvalue weighted by Gasteiger charge is -2.06. The van der Waals surface area contributed by atoms with Gasteiger partial charge in [-0.1, -0.05) is 17.7 Å². The summed E-state index contributed by atoms with van der Waals surface area (Å²) in [5.74, 6) is 0.350. The van der Waals surface area contributed by atoms with Crippen LogP contribution in [-0.4, -0.2) is 21.8 Å². The van der Waals surface area contributed by atoms with Crippen molar-refractivity contribution in [1.82, 2.24) is 9.97 Å². The Morgan fingerprint density at radius 1 is 0.848 bits per heavy atom. The Hall–Kier alpha value is -3.94. The van der Waals surface area contributed by atoms with E-state index in [0.29, 0.717) is 32.7 Å². The first-order valence-electron chi connectivity index (χ1n) is 10.1. The summed E-state index contributed by atoms with van der Waals surface area (Å²) in [6, 6.07) is 23.3. The van der Waals surface area contributed by atoms with Gasteiger partial charge in [-0.25, -0.2) is 4.98 Å². The van der Waals surface area contributed by atoms with Gasteiger partial charge in [-0.15, -0.1) is 11.3 Å². The van der Waals surface area contributed by atoms with E-state index in [1.54, 1.807) is 30.3 Å². The molecule has 0 fully saturated rings. The number of nitrogens with one attached hydrogen (secondary N) is 3. The zero-order valence-electron chi connectivity index (χ0n) is 17.1. The summed E-state index contributed by atoms with van der Waals surface area (Å²) in [6.45, 7) is 0. The van der Waals surface area contributed by atoms with Crippen molar-refractivity contribution < 1.29 is 9.59 Å². The number of nitrogens with zero attached hydrogens (tertiary/aromatic N) is 1. The van der Waals surface area contributed by atoms with Gasteiger partial charge in [0.15, 0.2) is 0 Å². The Balaban J connectivity index is 1.31. The van der Waals surface area contributed by atoms with Crippen LogP contribution in [0.25, 0.3) is 22.4 Å². The van der Waals surface area contributed by atoms with E-state index in [1.165, 1.54) is 11.3 Å². The lowest BCUT2D eigenvalue weighted by molar-refractivity contribution is 0.102. The fourth-order valence-electron chi connectivity index (χ4n) is 3.34.